The number of nitriles is 1. The van der Waals surface area contributed by atoms with Crippen LogP contribution in [-0.2, 0) is 0 Å². The van der Waals surface area contributed by atoms with Crippen LogP contribution in [0.1, 0.15) is 33.6 Å². The maximum absolute atomic E-state index is 12.8. The summed E-state index contributed by atoms with van der Waals surface area (Å²) in [6.07, 6.45) is 1.42. The molecule has 0 aliphatic rings. The van der Waals surface area contributed by atoms with Crippen molar-refractivity contribution in [2.75, 3.05) is 6.54 Å². The smallest absolute Gasteiger partial charge is 0.123 e. The third-order valence-electron chi connectivity index (χ3n) is 2.86. The molecule has 3 nitrogen and oxygen atoms in total. The molecule has 104 valence electrons. The summed E-state index contributed by atoms with van der Waals surface area (Å²) in [4.78, 5) is 0. The van der Waals surface area contributed by atoms with Gasteiger partial charge < -0.3 is 4.74 Å². The van der Waals surface area contributed by atoms with Gasteiger partial charge in [0.15, 0.2) is 0 Å². The van der Waals surface area contributed by atoms with Crippen LogP contribution in [-0.4, -0.2) is 18.2 Å². The van der Waals surface area contributed by atoms with E-state index in [1.165, 1.54) is 12.1 Å². The Hall–Kier alpha value is -1.60. The van der Waals surface area contributed by atoms with Crippen LogP contribution >= 0.6 is 0 Å². The van der Waals surface area contributed by atoms with E-state index in [9.17, 15) is 9.65 Å². The van der Waals surface area contributed by atoms with Crippen LogP contribution in [0.25, 0.3) is 0 Å². The Morgan fingerprint density at radius 1 is 1.42 bits per heavy atom. The fourth-order valence-electron chi connectivity index (χ4n) is 1.92. The average Bonchev–Trinajstić information content (AvgIpc) is 2.39. The van der Waals surface area contributed by atoms with E-state index in [2.05, 4.69) is 18.3 Å². The van der Waals surface area contributed by atoms with Crippen molar-refractivity contribution in [3.8, 4) is 11.8 Å². The van der Waals surface area contributed by atoms with Gasteiger partial charge in [-0.2, -0.15) is 5.26 Å². The van der Waals surface area contributed by atoms with E-state index in [4.69, 9.17) is 4.74 Å². The zero-order valence-corrected chi connectivity index (χ0v) is 11.7. The largest absolute Gasteiger partial charge is 0.491 e. The lowest BCUT2D eigenvalue weighted by Crippen LogP contribution is -2.44. The van der Waals surface area contributed by atoms with Gasteiger partial charge in [-0.1, -0.05) is 6.92 Å². The number of nitrogens with one attached hydrogen (secondary N) is 1. The fourth-order valence-corrected chi connectivity index (χ4v) is 1.92. The van der Waals surface area contributed by atoms with Crippen LogP contribution in [0.3, 0.4) is 0 Å². The molecule has 1 aromatic carbocycles. The van der Waals surface area contributed by atoms with Crippen LogP contribution in [0.5, 0.6) is 5.75 Å². The third kappa shape index (κ3) is 5.27. The molecule has 0 saturated carbocycles. The molecule has 2 unspecified atom stereocenters. The van der Waals surface area contributed by atoms with Crippen molar-refractivity contribution in [3.05, 3.63) is 30.1 Å². The van der Waals surface area contributed by atoms with Gasteiger partial charge in [0.2, 0.25) is 0 Å². The van der Waals surface area contributed by atoms with Gasteiger partial charge in [-0.15, -0.1) is 0 Å². The standard InChI is InChI=1S/C15H21FN2O/c1-4-9-18-15(3,11-17)10-12(2)19-14-7-5-13(16)6-8-14/h5-8,12,18H,4,9-10H2,1-3H3. The topological polar surface area (TPSA) is 45.0 Å². The molecule has 0 aliphatic carbocycles. The van der Waals surface area contributed by atoms with Gasteiger partial charge in [-0.25, -0.2) is 4.39 Å². The number of halogens is 1. The molecular weight excluding hydrogens is 243 g/mol. The lowest BCUT2D eigenvalue weighted by molar-refractivity contribution is 0.179. The molecule has 19 heavy (non-hydrogen) atoms. The van der Waals surface area contributed by atoms with Crippen LogP contribution < -0.4 is 10.1 Å². The van der Waals surface area contributed by atoms with Crippen molar-refractivity contribution in [1.29, 1.82) is 5.26 Å². The van der Waals surface area contributed by atoms with Crippen molar-refractivity contribution in [3.63, 3.8) is 0 Å². The molecule has 0 radical (unpaired) electrons. The number of ether oxygens (including phenoxy) is 1. The van der Waals surface area contributed by atoms with Crippen molar-refractivity contribution >= 4 is 0 Å². The van der Waals surface area contributed by atoms with Crippen molar-refractivity contribution in [2.24, 2.45) is 0 Å². The minimum atomic E-state index is -0.602. The molecule has 0 amide bonds. The van der Waals surface area contributed by atoms with E-state index in [-0.39, 0.29) is 11.9 Å². The highest BCUT2D eigenvalue weighted by molar-refractivity contribution is 5.22. The summed E-state index contributed by atoms with van der Waals surface area (Å²) < 4.78 is 18.5. The summed E-state index contributed by atoms with van der Waals surface area (Å²) in [5.74, 6) is 0.330. The second kappa shape index (κ2) is 7.10. The lowest BCUT2D eigenvalue weighted by atomic mass is 9.96. The highest BCUT2D eigenvalue weighted by Crippen LogP contribution is 2.18. The predicted octanol–water partition coefficient (Wildman–Crippen LogP) is 3.26. The van der Waals surface area contributed by atoms with Gasteiger partial charge in [0.1, 0.15) is 17.1 Å². The van der Waals surface area contributed by atoms with Gasteiger partial charge in [0, 0.05) is 6.42 Å². The van der Waals surface area contributed by atoms with Crippen LogP contribution in [0.2, 0.25) is 0 Å². The first-order valence-electron chi connectivity index (χ1n) is 6.57. The zero-order valence-electron chi connectivity index (χ0n) is 11.7. The first-order valence-corrected chi connectivity index (χ1v) is 6.57. The summed E-state index contributed by atoms with van der Waals surface area (Å²) in [5.41, 5.74) is -0.602. The van der Waals surface area contributed by atoms with E-state index in [0.717, 1.165) is 13.0 Å². The van der Waals surface area contributed by atoms with Crippen molar-refractivity contribution in [1.82, 2.24) is 5.32 Å². The van der Waals surface area contributed by atoms with Gasteiger partial charge in [-0.3, -0.25) is 5.32 Å². The molecule has 0 bridgehead atoms. The summed E-state index contributed by atoms with van der Waals surface area (Å²) in [6, 6.07) is 8.20. The molecule has 4 heteroatoms. The van der Waals surface area contributed by atoms with Crippen LogP contribution in [0.4, 0.5) is 4.39 Å². The maximum atomic E-state index is 12.8. The van der Waals surface area contributed by atoms with E-state index >= 15 is 0 Å². The Balaban J connectivity index is 2.56. The molecule has 2 atom stereocenters. The second-order valence-corrected chi connectivity index (χ2v) is 4.96. The first kappa shape index (κ1) is 15.5. The molecule has 0 spiro atoms. The number of hydrogen-bond acceptors (Lipinski definition) is 3. The van der Waals surface area contributed by atoms with E-state index in [1.807, 2.05) is 13.8 Å². The van der Waals surface area contributed by atoms with E-state index < -0.39 is 5.54 Å². The molecule has 0 aromatic heterocycles. The van der Waals surface area contributed by atoms with E-state index in [1.54, 1.807) is 12.1 Å². The molecule has 0 fully saturated rings. The Bertz CT molecular complexity index is 427. The first-order chi connectivity index (χ1) is 8.99. The molecule has 0 aliphatic heterocycles. The number of benzene rings is 1. The van der Waals surface area contributed by atoms with Crippen molar-refractivity contribution < 1.29 is 9.13 Å². The normalized spacial score (nSPS) is 15.3. The van der Waals surface area contributed by atoms with E-state index in [0.29, 0.717) is 12.2 Å². The minimum Gasteiger partial charge on any atom is -0.491 e. The summed E-state index contributed by atoms with van der Waals surface area (Å²) >= 11 is 0. The Labute approximate surface area is 114 Å². The molecule has 1 N–H and O–H groups in total. The monoisotopic (exact) mass is 264 g/mol. The highest BCUT2D eigenvalue weighted by Gasteiger charge is 2.26. The SMILES string of the molecule is CCCNC(C)(C#N)CC(C)Oc1ccc(F)cc1. The van der Waals surface area contributed by atoms with Crippen LogP contribution in [0.15, 0.2) is 24.3 Å². The summed E-state index contributed by atoms with van der Waals surface area (Å²) in [6.45, 7) is 6.64. The number of rotatable bonds is 7. The molecule has 1 rings (SSSR count). The maximum Gasteiger partial charge on any atom is 0.123 e. The predicted molar refractivity (Wildman–Crippen MR) is 73.4 cm³/mol. The molecule has 0 heterocycles. The molecule has 0 saturated heterocycles. The average molecular weight is 264 g/mol. The second-order valence-electron chi connectivity index (χ2n) is 4.96. The zero-order chi connectivity index (χ0) is 14.3. The lowest BCUT2D eigenvalue weighted by Gasteiger charge is -2.27. The molecule has 1 aromatic rings. The van der Waals surface area contributed by atoms with Crippen LogP contribution in [0, 0.1) is 17.1 Å². The summed E-state index contributed by atoms with van der Waals surface area (Å²) in [5, 5.41) is 12.5. The van der Waals surface area contributed by atoms with Gasteiger partial charge in [-0.05, 0) is 51.1 Å². The Morgan fingerprint density at radius 3 is 2.58 bits per heavy atom. The number of hydrogen-bond donors (Lipinski definition) is 1. The summed E-state index contributed by atoms with van der Waals surface area (Å²) in [7, 11) is 0. The Kier molecular flexibility index (Phi) is 5.78. The molecular formula is C15H21FN2O. The minimum absolute atomic E-state index is 0.125. The van der Waals surface area contributed by atoms with Crippen molar-refractivity contribution in [2.45, 2.75) is 45.3 Å². The Morgan fingerprint density at radius 2 is 2.05 bits per heavy atom. The quantitative estimate of drug-likeness (QED) is 0.822. The highest BCUT2D eigenvalue weighted by atomic mass is 19.1. The fraction of sp³-hybridized carbons (Fsp3) is 0.533. The third-order valence-corrected chi connectivity index (χ3v) is 2.86. The van der Waals surface area contributed by atoms with Gasteiger partial charge in [0.25, 0.3) is 0 Å². The van der Waals surface area contributed by atoms with Gasteiger partial charge in [0.05, 0.1) is 12.2 Å². The number of nitrogens with zero attached hydrogens (tertiary/aromatic N) is 1. The van der Waals surface area contributed by atoms with Gasteiger partial charge >= 0.3 is 0 Å².